The number of nitrogens with zero attached hydrogens (tertiary/aromatic N) is 1. The largest absolute Gasteiger partial charge is 0.497 e. The quantitative estimate of drug-likeness (QED) is 0.826. The molecule has 2 rings (SSSR count). The lowest BCUT2D eigenvalue weighted by molar-refractivity contribution is 0.407. The second kappa shape index (κ2) is 5.58. The summed E-state index contributed by atoms with van der Waals surface area (Å²) in [5.74, 6) is 1.62. The maximum absolute atomic E-state index is 5.84. The van der Waals surface area contributed by atoms with Crippen LogP contribution in [-0.4, -0.2) is 12.1 Å². The van der Waals surface area contributed by atoms with E-state index in [1.165, 1.54) is 0 Å². The van der Waals surface area contributed by atoms with Gasteiger partial charge in [-0.15, -0.1) is 0 Å². The zero-order valence-corrected chi connectivity index (χ0v) is 12.7. The Kier molecular flexibility index (Phi) is 4.08. The molecule has 0 radical (unpaired) electrons. The van der Waals surface area contributed by atoms with Gasteiger partial charge in [-0.05, 0) is 50.1 Å². The predicted octanol–water partition coefficient (Wildman–Crippen LogP) is 3.99. The minimum absolute atomic E-state index is 0.443. The lowest BCUT2D eigenvalue weighted by Gasteiger charge is -2.10. The molecule has 0 aliphatic carbocycles. The van der Waals surface area contributed by atoms with E-state index in [1.54, 1.807) is 31.5 Å². The molecular weight excluding hydrogens is 364 g/mol. The number of anilines is 1. The molecule has 6 heteroatoms. The first-order chi connectivity index (χ1) is 8.60. The fraction of sp³-hybridized carbons (Fsp3) is 0.0833. The van der Waals surface area contributed by atoms with Gasteiger partial charge >= 0.3 is 0 Å². The topological polar surface area (TPSA) is 57.4 Å². The molecular formula is C12H10Br2N2O2. The van der Waals surface area contributed by atoms with E-state index < -0.39 is 0 Å². The van der Waals surface area contributed by atoms with Gasteiger partial charge in [-0.3, -0.25) is 0 Å². The molecule has 0 aliphatic rings. The van der Waals surface area contributed by atoms with Crippen molar-refractivity contribution in [2.24, 2.45) is 0 Å². The van der Waals surface area contributed by atoms with Crippen LogP contribution in [0.1, 0.15) is 0 Å². The minimum atomic E-state index is 0.443. The number of methoxy groups -OCH3 is 1. The standard InChI is InChI=1S/C12H10Br2N2O2/c1-17-8-2-3-10(15)11(5-8)18-12-9(14)4-7(13)6-16-12/h2-6H,15H2,1H3. The number of benzene rings is 1. The first kappa shape index (κ1) is 13.2. The number of halogens is 2. The summed E-state index contributed by atoms with van der Waals surface area (Å²) in [6.07, 6.45) is 1.65. The molecule has 0 saturated carbocycles. The van der Waals surface area contributed by atoms with E-state index in [9.17, 15) is 0 Å². The summed E-state index contributed by atoms with van der Waals surface area (Å²) in [6.45, 7) is 0. The number of aromatic nitrogens is 1. The summed E-state index contributed by atoms with van der Waals surface area (Å²) in [6, 6.07) is 7.05. The van der Waals surface area contributed by atoms with Crippen LogP contribution in [0, 0.1) is 0 Å². The van der Waals surface area contributed by atoms with Crippen LogP contribution in [0.25, 0.3) is 0 Å². The monoisotopic (exact) mass is 372 g/mol. The van der Waals surface area contributed by atoms with Crippen molar-refractivity contribution < 1.29 is 9.47 Å². The van der Waals surface area contributed by atoms with Crippen molar-refractivity contribution >= 4 is 37.5 Å². The molecule has 0 fully saturated rings. The van der Waals surface area contributed by atoms with Crippen LogP contribution in [-0.2, 0) is 0 Å². The summed E-state index contributed by atoms with van der Waals surface area (Å²) >= 11 is 6.70. The highest BCUT2D eigenvalue weighted by Crippen LogP contribution is 2.34. The van der Waals surface area contributed by atoms with Gasteiger partial charge in [0.25, 0.3) is 0 Å². The van der Waals surface area contributed by atoms with E-state index in [2.05, 4.69) is 36.8 Å². The van der Waals surface area contributed by atoms with Crippen molar-refractivity contribution in [2.75, 3.05) is 12.8 Å². The van der Waals surface area contributed by atoms with Gasteiger partial charge in [0.15, 0.2) is 5.75 Å². The molecule has 0 bridgehead atoms. The summed E-state index contributed by atoms with van der Waals surface area (Å²) in [4.78, 5) is 4.16. The van der Waals surface area contributed by atoms with Crippen molar-refractivity contribution in [2.45, 2.75) is 0 Å². The van der Waals surface area contributed by atoms with Crippen molar-refractivity contribution in [1.29, 1.82) is 0 Å². The van der Waals surface area contributed by atoms with Crippen LogP contribution in [0.4, 0.5) is 5.69 Å². The van der Waals surface area contributed by atoms with Gasteiger partial charge in [-0.2, -0.15) is 0 Å². The average molecular weight is 374 g/mol. The molecule has 2 aromatic rings. The Balaban J connectivity index is 2.33. The zero-order valence-electron chi connectivity index (χ0n) is 9.48. The van der Waals surface area contributed by atoms with Gasteiger partial charge in [-0.25, -0.2) is 4.98 Å². The molecule has 0 atom stereocenters. The molecule has 18 heavy (non-hydrogen) atoms. The maximum Gasteiger partial charge on any atom is 0.233 e. The second-order valence-electron chi connectivity index (χ2n) is 3.45. The van der Waals surface area contributed by atoms with Crippen molar-refractivity contribution in [3.8, 4) is 17.4 Å². The molecule has 0 amide bonds. The second-order valence-corrected chi connectivity index (χ2v) is 5.22. The van der Waals surface area contributed by atoms with Crippen LogP contribution in [0.2, 0.25) is 0 Å². The van der Waals surface area contributed by atoms with Gasteiger partial charge in [0.1, 0.15) is 5.75 Å². The lowest BCUT2D eigenvalue weighted by Crippen LogP contribution is -1.95. The molecule has 0 spiro atoms. The number of hydrogen-bond acceptors (Lipinski definition) is 4. The predicted molar refractivity (Wildman–Crippen MR) is 77.1 cm³/mol. The summed E-state index contributed by atoms with van der Waals surface area (Å²) in [5.41, 5.74) is 6.36. The molecule has 1 aromatic heterocycles. The molecule has 2 N–H and O–H groups in total. The summed E-state index contributed by atoms with van der Waals surface area (Å²) in [7, 11) is 1.59. The number of ether oxygens (including phenoxy) is 2. The Bertz CT molecular complexity index is 576. The van der Waals surface area contributed by atoms with E-state index in [1.807, 2.05) is 6.07 Å². The van der Waals surface area contributed by atoms with Crippen LogP contribution >= 0.6 is 31.9 Å². The highest BCUT2D eigenvalue weighted by molar-refractivity contribution is 9.11. The zero-order chi connectivity index (χ0) is 13.1. The lowest BCUT2D eigenvalue weighted by atomic mass is 10.3. The van der Waals surface area contributed by atoms with E-state index in [-0.39, 0.29) is 0 Å². The number of nitrogens with two attached hydrogens (primary N) is 1. The van der Waals surface area contributed by atoms with Crippen molar-refractivity contribution in [1.82, 2.24) is 4.98 Å². The molecule has 0 saturated heterocycles. The third kappa shape index (κ3) is 2.94. The average Bonchev–Trinajstić information content (AvgIpc) is 2.35. The Labute approximate surface area is 121 Å². The SMILES string of the molecule is COc1ccc(N)c(Oc2ncc(Br)cc2Br)c1. The molecule has 0 aliphatic heterocycles. The van der Waals surface area contributed by atoms with E-state index in [4.69, 9.17) is 15.2 Å². The molecule has 94 valence electrons. The third-order valence-corrected chi connectivity index (χ3v) is 3.20. The van der Waals surface area contributed by atoms with Crippen molar-refractivity contribution in [3.63, 3.8) is 0 Å². The highest BCUT2D eigenvalue weighted by atomic mass is 79.9. The van der Waals surface area contributed by atoms with Gasteiger partial charge in [0, 0.05) is 16.7 Å². The van der Waals surface area contributed by atoms with Gasteiger partial charge in [0.2, 0.25) is 5.88 Å². The Morgan fingerprint density at radius 1 is 1.22 bits per heavy atom. The first-order valence-corrected chi connectivity index (χ1v) is 6.61. The van der Waals surface area contributed by atoms with Crippen LogP contribution < -0.4 is 15.2 Å². The summed E-state index contributed by atoms with van der Waals surface area (Å²) < 4.78 is 12.4. The smallest absolute Gasteiger partial charge is 0.233 e. The Morgan fingerprint density at radius 3 is 2.67 bits per heavy atom. The van der Waals surface area contributed by atoms with Crippen LogP contribution in [0.3, 0.4) is 0 Å². The molecule has 1 heterocycles. The van der Waals surface area contributed by atoms with Crippen LogP contribution in [0.15, 0.2) is 39.4 Å². The number of pyridine rings is 1. The number of nitrogen functional groups attached to an aromatic ring is 1. The maximum atomic E-state index is 5.84. The number of hydrogen-bond donors (Lipinski definition) is 1. The van der Waals surface area contributed by atoms with E-state index in [0.717, 1.165) is 8.95 Å². The minimum Gasteiger partial charge on any atom is -0.497 e. The number of rotatable bonds is 3. The van der Waals surface area contributed by atoms with Crippen molar-refractivity contribution in [3.05, 3.63) is 39.4 Å². The normalized spacial score (nSPS) is 10.2. The van der Waals surface area contributed by atoms with Crippen LogP contribution in [0.5, 0.6) is 17.4 Å². The van der Waals surface area contributed by atoms with Gasteiger partial charge in [0.05, 0.1) is 17.3 Å². The molecule has 1 aromatic carbocycles. The third-order valence-electron chi connectivity index (χ3n) is 2.20. The summed E-state index contributed by atoms with van der Waals surface area (Å²) in [5, 5.41) is 0. The fourth-order valence-corrected chi connectivity index (χ4v) is 2.38. The highest BCUT2D eigenvalue weighted by Gasteiger charge is 2.08. The first-order valence-electron chi connectivity index (χ1n) is 5.02. The molecule has 4 nitrogen and oxygen atoms in total. The van der Waals surface area contributed by atoms with E-state index >= 15 is 0 Å². The van der Waals surface area contributed by atoms with Gasteiger partial charge < -0.3 is 15.2 Å². The Morgan fingerprint density at radius 2 is 2.00 bits per heavy atom. The van der Waals surface area contributed by atoms with E-state index in [0.29, 0.717) is 23.1 Å². The van der Waals surface area contributed by atoms with Gasteiger partial charge in [-0.1, -0.05) is 0 Å². The Hall–Kier alpha value is -1.27. The molecule has 0 unspecified atom stereocenters. The fourth-order valence-electron chi connectivity index (χ4n) is 1.31.